The lowest BCUT2D eigenvalue weighted by atomic mass is 9.87. The third-order valence-electron chi connectivity index (χ3n) is 4.95. The van der Waals surface area contributed by atoms with Crippen molar-refractivity contribution < 1.29 is 14.3 Å². The van der Waals surface area contributed by atoms with Crippen LogP contribution in [-0.2, 0) is 23.0 Å². The number of aryl methyl sites for hydroxylation is 2. The third kappa shape index (κ3) is 4.52. The van der Waals surface area contributed by atoms with Crippen LogP contribution >= 0.6 is 0 Å². The van der Waals surface area contributed by atoms with Gasteiger partial charge in [0.05, 0.1) is 13.0 Å². The van der Waals surface area contributed by atoms with Crippen LogP contribution in [0, 0.1) is 11.8 Å². The zero-order valence-electron chi connectivity index (χ0n) is 15.1. The fraction of sp³-hybridized carbons (Fsp3) is 0.667. The van der Waals surface area contributed by atoms with E-state index in [4.69, 9.17) is 4.74 Å². The molecule has 0 spiro atoms. The second kappa shape index (κ2) is 8.22. The van der Waals surface area contributed by atoms with Gasteiger partial charge in [-0.05, 0) is 44.2 Å². The molecule has 6 heteroatoms. The van der Waals surface area contributed by atoms with Crippen LogP contribution in [0.4, 0.5) is 4.79 Å². The highest BCUT2D eigenvalue weighted by atomic mass is 16.5. The summed E-state index contributed by atoms with van der Waals surface area (Å²) in [5.41, 5.74) is 1.27. The van der Waals surface area contributed by atoms with Crippen LogP contribution in [0.25, 0.3) is 0 Å². The van der Waals surface area contributed by atoms with Gasteiger partial charge in [0.15, 0.2) is 0 Å². The van der Waals surface area contributed by atoms with Crippen molar-refractivity contribution in [3.05, 3.63) is 24.0 Å². The molecule has 1 aromatic heterocycles. The number of amides is 2. The molecule has 1 N–H and O–H groups in total. The molecule has 0 aromatic carbocycles. The topological polar surface area (TPSA) is 63.6 Å². The molecular formula is C18H29N3O3. The summed E-state index contributed by atoms with van der Waals surface area (Å²) in [6, 6.07) is 4.21. The van der Waals surface area contributed by atoms with E-state index in [0.717, 1.165) is 12.8 Å². The monoisotopic (exact) mass is 335 g/mol. The molecule has 1 aliphatic rings. The Kier molecular flexibility index (Phi) is 6.29. The predicted octanol–water partition coefficient (Wildman–Crippen LogP) is 2.19. The Morgan fingerprint density at radius 3 is 2.79 bits per heavy atom. The number of carbonyl (C=O) groups excluding carboxylic acids is 2. The maximum atomic E-state index is 12.4. The number of ether oxygens (including phenoxy) is 1. The number of rotatable bonds is 5. The van der Waals surface area contributed by atoms with Gasteiger partial charge in [-0.1, -0.05) is 6.92 Å². The standard InChI is InChI=1S/C18H29N3O3/c1-13-12-21(11-9-16(13)17(22)24-4)18(23)19-14(2)7-8-15-6-5-10-20(15)3/h5-6,10,13-14,16H,7-9,11-12H2,1-4H3,(H,19,23)/t13-,14+,16-/m1/s1. The van der Waals surface area contributed by atoms with E-state index < -0.39 is 0 Å². The molecule has 0 aliphatic carbocycles. The van der Waals surface area contributed by atoms with Crippen LogP contribution in [0.15, 0.2) is 18.3 Å². The molecule has 3 atom stereocenters. The summed E-state index contributed by atoms with van der Waals surface area (Å²) < 4.78 is 6.94. The Balaban J connectivity index is 1.78. The Hall–Kier alpha value is -1.98. The Labute approximate surface area is 144 Å². The van der Waals surface area contributed by atoms with E-state index in [-0.39, 0.29) is 29.9 Å². The Morgan fingerprint density at radius 2 is 2.21 bits per heavy atom. The van der Waals surface area contributed by atoms with Gasteiger partial charge in [0.25, 0.3) is 0 Å². The van der Waals surface area contributed by atoms with Crippen molar-refractivity contribution in [1.82, 2.24) is 14.8 Å². The first-order chi connectivity index (χ1) is 11.4. The summed E-state index contributed by atoms with van der Waals surface area (Å²) in [5, 5.41) is 3.07. The molecule has 134 valence electrons. The quantitative estimate of drug-likeness (QED) is 0.839. The molecule has 0 unspecified atom stereocenters. The van der Waals surface area contributed by atoms with Crippen molar-refractivity contribution in [3.63, 3.8) is 0 Å². The van der Waals surface area contributed by atoms with Gasteiger partial charge in [-0.3, -0.25) is 4.79 Å². The largest absolute Gasteiger partial charge is 0.469 e. The van der Waals surface area contributed by atoms with Gasteiger partial charge in [-0.25, -0.2) is 4.79 Å². The van der Waals surface area contributed by atoms with Crippen molar-refractivity contribution in [2.75, 3.05) is 20.2 Å². The average molecular weight is 335 g/mol. The average Bonchev–Trinajstić information content (AvgIpc) is 2.97. The number of carbonyl (C=O) groups is 2. The van der Waals surface area contributed by atoms with Crippen molar-refractivity contribution >= 4 is 12.0 Å². The van der Waals surface area contributed by atoms with E-state index in [1.807, 2.05) is 38.1 Å². The van der Waals surface area contributed by atoms with E-state index in [1.54, 1.807) is 0 Å². The fourth-order valence-electron chi connectivity index (χ4n) is 3.33. The number of hydrogen-bond donors (Lipinski definition) is 1. The van der Waals surface area contributed by atoms with E-state index in [0.29, 0.717) is 19.5 Å². The first kappa shape index (κ1) is 18.4. The van der Waals surface area contributed by atoms with Gasteiger partial charge < -0.3 is 19.5 Å². The Bertz CT molecular complexity index is 570. The van der Waals surface area contributed by atoms with Gasteiger partial charge in [0, 0.05) is 38.1 Å². The van der Waals surface area contributed by atoms with Crippen LogP contribution in [0.5, 0.6) is 0 Å². The van der Waals surface area contributed by atoms with Gasteiger partial charge in [-0.2, -0.15) is 0 Å². The highest BCUT2D eigenvalue weighted by Gasteiger charge is 2.33. The highest BCUT2D eigenvalue weighted by Crippen LogP contribution is 2.24. The number of nitrogens with one attached hydrogen (secondary N) is 1. The van der Waals surface area contributed by atoms with Crippen LogP contribution in [0.3, 0.4) is 0 Å². The zero-order chi connectivity index (χ0) is 17.7. The van der Waals surface area contributed by atoms with Gasteiger partial charge in [0.2, 0.25) is 0 Å². The van der Waals surface area contributed by atoms with E-state index >= 15 is 0 Å². The molecule has 0 bridgehead atoms. The number of aromatic nitrogens is 1. The predicted molar refractivity (Wildman–Crippen MR) is 92.6 cm³/mol. The molecular weight excluding hydrogens is 306 g/mol. The van der Waals surface area contributed by atoms with Crippen molar-refractivity contribution in [1.29, 1.82) is 0 Å². The van der Waals surface area contributed by atoms with Crippen molar-refractivity contribution in [3.8, 4) is 0 Å². The van der Waals surface area contributed by atoms with Crippen molar-refractivity contribution in [2.24, 2.45) is 18.9 Å². The summed E-state index contributed by atoms with van der Waals surface area (Å²) in [6.45, 7) is 5.22. The lowest BCUT2D eigenvalue weighted by Crippen LogP contribution is -2.50. The first-order valence-corrected chi connectivity index (χ1v) is 8.65. The summed E-state index contributed by atoms with van der Waals surface area (Å²) in [7, 11) is 3.45. The molecule has 2 heterocycles. The molecule has 0 saturated carbocycles. The molecule has 1 saturated heterocycles. The number of nitrogens with zero attached hydrogens (tertiary/aromatic N) is 2. The van der Waals surface area contributed by atoms with Gasteiger partial charge >= 0.3 is 12.0 Å². The first-order valence-electron chi connectivity index (χ1n) is 8.65. The summed E-state index contributed by atoms with van der Waals surface area (Å²) in [6.07, 6.45) is 4.54. The molecule has 2 rings (SSSR count). The minimum atomic E-state index is -0.168. The lowest BCUT2D eigenvalue weighted by Gasteiger charge is -2.36. The van der Waals surface area contributed by atoms with Crippen LogP contribution in [0.2, 0.25) is 0 Å². The number of urea groups is 1. The van der Waals surface area contributed by atoms with Gasteiger partial charge in [-0.15, -0.1) is 0 Å². The minimum absolute atomic E-state index is 0.0375. The summed E-state index contributed by atoms with van der Waals surface area (Å²) in [4.78, 5) is 25.9. The second-order valence-corrected chi connectivity index (χ2v) is 6.84. The molecule has 1 aromatic rings. The maximum Gasteiger partial charge on any atom is 0.317 e. The van der Waals surface area contributed by atoms with Crippen LogP contribution in [0.1, 0.15) is 32.4 Å². The van der Waals surface area contributed by atoms with Crippen LogP contribution < -0.4 is 5.32 Å². The normalized spacial score (nSPS) is 22.1. The molecule has 6 nitrogen and oxygen atoms in total. The zero-order valence-corrected chi connectivity index (χ0v) is 15.1. The van der Waals surface area contributed by atoms with E-state index in [2.05, 4.69) is 16.0 Å². The minimum Gasteiger partial charge on any atom is -0.469 e. The highest BCUT2D eigenvalue weighted by molar-refractivity contribution is 5.76. The fourth-order valence-corrected chi connectivity index (χ4v) is 3.33. The number of esters is 1. The summed E-state index contributed by atoms with van der Waals surface area (Å²) >= 11 is 0. The molecule has 2 amide bonds. The van der Waals surface area contributed by atoms with Crippen LogP contribution in [-0.4, -0.2) is 47.7 Å². The molecule has 1 fully saturated rings. The van der Waals surface area contributed by atoms with Gasteiger partial charge in [0.1, 0.15) is 0 Å². The molecule has 0 radical (unpaired) electrons. The Morgan fingerprint density at radius 1 is 1.46 bits per heavy atom. The number of likely N-dealkylation sites (tertiary alicyclic amines) is 1. The smallest absolute Gasteiger partial charge is 0.317 e. The van der Waals surface area contributed by atoms with E-state index in [1.165, 1.54) is 12.8 Å². The lowest BCUT2D eigenvalue weighted by molar-refractivity contribution is -0.148. The number of hydrogen-bond acceptors (Lipinski definition) is 3. The molecule has 1 aliphatic heterocycles. The molecule has 24 heavy (non-hydrogen) atoms. The third-order valence-corrected chi connectivity index (χ3v) is 4.95. The SMILES string of the molecule is COC(=O)[C@@H]1CCN(C(=O)N[C@@H](C)CCc2cccn2C)C[C@H]1C. The van der Waals surface area contributed by atoms with E-state index in [9.17, 15) is 9.59 Å². The summed E-state index contributed by atoms with van der Waals surface area (Å²) in [5.74, 6) is -0.150. The number of methoxy groups -OCH3 is 1. The second-order valence-electron chi connectivity index (χ2n) is 6.84. The maximum absolute atomic E-state index is 12.4. The number of piperidine rings is 1. The van der Waals surface area contributed by atoms with Crippen molar-refractivity contribution in [2.45, 2.75) is 39.2 Å².